The Morgan fingerprint density at radius 1 is 0.949 bits per heavy atom. The molecule has 1 aromatic carbocycles. The van der Waals surface area contributed by atoms with Gasteiger partial charge in [0.1, 0.15) is 11.6 Å². The van der Waals surface area contributed by atoms with Crippen LogP contribution < -0.4 is 4.90 Å². The van der Waals surface area contributed by atoms with Crippen molar-refractivity contribution in [2.24, 2.45) is 7.05 Å². The summed E-state index contributed by atoms with van der Waals surface area (Å²) in [5, 5.41) is 9.85. The van der Waals surface area contributed by atoms with E-state index >= 15 is 0 Å². The average Bonchev–Trinajstić information content (AvgIpc) is 3.48. The second-order valence-electron chi connectivity index (χ2n) is 11.0. The fourth-order valence-corrected chi connectivity index (χ4v) is 6.21. The Labute approximate surface area is 228 Å². The summed E-state index contributed by atoms with van der Waals surface area (Å²) in [4.78, 5) is 27.5. The molecule has 3 saturated heterocycles. The predicted molar refractivity (Wildman–Crippen MR) is 149 cm³/mol. The molecular formula is C28H37N9O2. The Morgan fingerprint density at radius 3 is 2.49 bits per heavy atom. The van der Waals surface area contributed by atoms with E-state index in [-0.39, 0.29) is 6.10 Å². The highest BCUT2D eigenvalue weighted by Crippen LogP contribution is 2.29. The van der Waals surface area contributed by atoms with Crippen molar-refractivity contribution in [1.82, 2.24) is 38.9 Å². The molecule has 0 unspecified atom stereocenters. The zero-order chi connectivity index (χ0) is 26.5. The van der Waals surface area contributed by atoms with Gasteiger partial charge in [0.15, 0.2) is 17.0 Å². The molecule has 11 heteroatoms. The fraction of sp³-hybridized carbons (Fsp3) is 0.571. The third kappa shape index (κ3) is 4.47. The number of likely N-dealkylation sites (tertiary alicyclic amines) is 2. The van der Waals surface area contributed by atoms with E-state index in [1.165, 1.54) is 0 Å². The lowest BCUT2D eigenvalue weighted by Crippen LogP contribution is -2.60. The Kier molecular flexibility index (Phi) is 6.46. The van der Waals surface area contributed by atoms with Crippen LogP contribution in [0.1, 0.15) is 31.4 Å². The summed E-state index contributed by atoms with van der Waals surface area (Å²) in [6.07, 6.45) is 2.43. The van der Waals surface area contributed by atoms with Gasteiger partial charge in [-0.05, 0) is 25.0 Å². The van der Waals surface area contributed by atoms with Gasteiger partial charge in [-0.1, -0.05) is 19.1 Å². The number of nitrogens with zero attached hydrogens (tertiary/aromatic N) is 9. The van der Waals surface area contributed by atoms with Crippen LogP contribution in [0.2, 0.25) is 0 Å². The number of hydrogen-bond acceptors (Lipinski definition) is 9. The van der Waals surface area contributed by atoms with E-state index in [4.69, 9.17) is 24.7 Å². The first kappa shape index (κ1) is 24.9. The second-order valence-corrected chi connectivity index (χ2v) is 11.0. The number of anilines is 1. The quantitative estimate of drug-likeness (QED) is 0.399. The van der Waals surface area contributed by atoms with Crippen molar-refractivity contribution >= 4 is 28.0 Å². The van der Waals surface area contributed by atoms with Gasteiger partial charge in [-0.3, -0.25) is 14.4 Å². The van der Waals surface area contributed by atoms with Crippen LogP contribution in [0.15, 0.2) is 24.3 Å². The first-order valence-corrected chi connectivity index (χ1v) is 14.3. The van der Waals surface area contributed by atoms with Crippen LogP contribution in [0.25, 0.3) is 28.1 Å². The molecular weight excluding hydrogens is 494 g/mol. The van der Waals surface area contributed by atoms with Gasteiger partial charge in [-0.25, -0.2) is 9.97 Å². The van der Waals surface area contributed by atoms with Crippen molar-refractivity contribution in [1.29, 1.82) is 0 Å². The SMILES string of the molecule is CCc1nc2ccccc2n1-c1nc(N2CCOCC2)c2nc(CN3CC(N4CCC(O)CC4)C3)n(C)c2n1. The minimum absolute atomic E-state index is 0.127. The normalized spacial score (nSPS) is 20.3. The molecule has 1 N–H and O–H groups in total. The van der Waals surface area contributed by atoms with Gasteiger partial charge >= 0.3 is 0 Å². The molecule has 3 aliphatic heterocycles. The second kappa shape index (κ2) is 10.1. The first-order valence-electron chi connectivity index (χ1n) is 14.3. The summed E-state index contributed by atoms with van der Waals surface area (Å²) in [6.45, 7) is 9.88. The highest BCUT2D eigenvalue weighted by molar-refractivity contribution is 5.86. The lowest BCUT2D eigenvalue weighted by atomic mass is 10.0. The minimum atomic E-state index is -0.127. The smallest absolute Gasteiger partial charge is 0.239 e. The van der Waals surface area contributed by atoms with Crippen molar-refractivity contribution in [3.63, 3.8) is 0 Å². The number of benzene rings is 1. The molecule has 4 aromatic rings. The summed E-state index contributed by atoms with van der Waals surface area (Å²) in [5.41, 5.74) is 3.66. The number of aliphatic hydroxyl groups excluding tert-OH is 1. The summed E-state index contributed by atoms with van der Waals surface area (Å²) in [5.74, 6) is 3.46. The molecule has 206 valence electrons. The molecule has 11 nitrogen and oxygen atoms in total. The zero-order valence-electron chi connectivity index (χ0n) is 22.8. The Balaban J connectivity index is 1.24. The Bertz CT molecular complexity index is 1480. The van der Waals surface area contributed by atoms with Crippen LogP contribution in [0, 0.1) is 0 Å². The molecule has 0 radical (unpaired) electrons. The number of morpholine rings is 1. The summed E-state index contributed by atoms with van der Waals surface area (Å²) in [6, 6.07) is 8.76. The Morgan fingerprint density at radius 2 is 1.72 bits per heavy atom. The predicted octanol–water partition coefficient (Wildman–Crippen LogP) is 1.74. The van der Waals surface area contributed by atoms with E-state index in [9.17, 15) is 5.11 Å². The van der Waals surface area contributed by atoms with Crippen LogP contribution in [0.4, 0.5) is 5.82 Å². The van der Waals surface area contributed by atoms with Crippen LogP contribution in [0.5, 0.6) is 0 Å². The monoisotopic (exact) mass is 531 g/mol. The van der Waals surface area contributed by atoms with Gasteiger partial charge in [0, 0.05) is 58.8 Å². The largest absolute Gasteiger partial charge is 0.393 e. The van der Waals surface area contributed by atoms with Gasteiger partial charge in [0.2, 0.25) is 5.95 Å². The van der Waals surface area contributed by atoms with Gasteiger partial charge in [-0.15, -0.1) is 0 Å². The number of imidazole rings is 2. The minimum Gasteiger partial charge on any atom is -0.393 e. The van der Waals surface area contributed by atoms with Crippen LogP contribution in [0.3, 0.4) is 0 Å². The molecule has 6 heterocycles. The highest BCUT2D eigenvalue weighted by atomic mass is 16.5. The van der Waals surface area contributed by atoms with Crippen molar-refractivity contribution in [2.45, 2.75) is 44.9 Å². The molecule has 3 aromatic heterocycles. The molecule has 0 saturated carbocycles. The number of ether oxygens (including phenoxy) is 1. The summed E-state index contributed by atoms with van der Waals surface area (Å²) < 4.78 is 9.89. The van der Waals surface area contributed by atoms with Gasteiger partial charge in [0.05, 0.1) is 36.9 Å². The van der Waals surface area contributed by atoms with E-state index in [0.717, 1.165) is 105 Å². The fourth-order valence-electron chi connectivity index (χ4n) is 6.21. The third-order valence-corrected chi connectivity index (χ3v) is 8.56. The van der Waals surface area contributed by atoms with E-state index in [1.807, 2.05) is 18.2 Å². The van der Waals surface area contributed by atoms with Crippen LogP contribution in [-0.2, 0) is 24.8 Å². The van der Waals surface area contributed by atoms with Gasteiger partial charge < -0.3 is 19.3 Å². The molecule has 0 atom stereocenters. The number of aliphatic hydroxyl groups is 1. The molecule has 0 bridgehead atoms. The maximum Gasteiger partial charge on any atom is 0.239 e. The molecule has 3 fully saturated rings. The van der Waals surface area contributed by atoms with E-state index in [2.05, 4.69) is 43.9 Å². The summed E-state index contributed by atoms with van der Waals surface area (Å²) >= 11 is 0. The summed E-state index contributed by atoms with van der Waals surface area (Å²) in [7, 11) is 2.07. The average molecular weight is 532 g/mol. The van der Waals surface area contributed by atoms with E-state index in [0.29, 0.717) is 25.2 Å². The zero-order valence-corrected chi connectivity index (χ0v) is 22.8. The molecule has 0 aliphatic carbocycles. The third-order valence-electron chi connectivity index (χ3n) is 8.56. The van der Waals surface area contributed by atoms with E-state index in [1.54, 1.807) is 0 Å². The molecule has 7 rings (SSSR count). The Hall–Kier alpha value is -3.12. The van der Waals surface area contributed by atoms with Gasteiger partial charge in [0.25, 0.3) is 0 Å². The topological polar surface area (TPSA) is 101 Å². The van der Waals surface area contributed by atoms with Crippen LogP contribution in [-0.4, -0.2) is 109 Å². The number of para-hydroxylation sites is 2. The number of aryl methyl sites for hydroxylation is 2. The molecule has 39 heavy (non-hydrogen) atoms. The highest BCUT2D eigenvalue weighted by Gasteiger charge is 2.34. The van der Waals surface area contributed by atoms with Gasteiger partial charge in [-0.2, -0.15) is 9.97 Å². The number of rotatable bonds is 6. The van der Waals surface area contributed by atoms with Crippen LogP contribution >= 0.6 is 0 Å². The standard InChI is InChI=1S/C28H37N9O2/c1-3-23-29-21-6-4-5-7-22(21)37(23)28-31-26-25(27(32-28)36-12-14-39-15-13-36)30-24(33(26)2)18-34-16-19(17-34)35-10-8-20(38)9-11-35/h4-7,19-20,38H,3,8-18H2,1-2H3. The van der Waals surface area contributed by atoms with Crippen molar-refractivity contribution in [3.8, 4) is 5.95 Å². The van der Waals surface area contributed by atoms with Crippen molar-refractivity contribution in [3.05, 3.63) is 35.9 Å². The number of fused-ring (bicyclic) bond motifs is 2. The maximum absolute atomic E-state index is 9.85. The molecule has 0 amide bonds. The maximum atomic E-state index is 9.85. The lowest BCUT2D eigenvalue weighted by molar-refractivity contribution is -0.00879. The first-order chi connectivity index (χ1) is 19.1. The number of hydrogen-bond donors (Lipinski definition) is 1. The number of aromatic nitrogens is 6. The molecule has 0 spiro atoms. The molecule has 3 aliphatic rings. The van der Waals surface area contributed by atoms with E-state index < -0.39 is 0 Å². The number of piperidine rings is 1. The lowest BCUT2D eigenvalue weighted by Gasteiger charge is -2.47. The van der Waals surface area contributed by atoms with Crippen molar-refractivity contribution in [2.75, 3.05) is 57.4 Å². The van der Waals surface area contributed by atoms with Crippen molar-refractivity contribution < 1.29 is 9.84 Å².